The molecule has 6 heteroatoms. The van der Waals surface area contributed by atoms with Gasteiger partial charge in [-0.05, 0) is 0 Å². The van der Waals surface area contributed by atoms with Gasteiger partial charge in [-0.1, -0.05) is 5.92 Å². The van der Waals surface area contributed by atoms with E-state index in [1.807, 2.05) is 0 Å². The van der Waals surface area contributed by atoms with E-state index in [4.69, 9.17) is 16.9 Å². The predicted octanol–water partition coefficient (Wildman–Crippen LogP) is 0.846. The Morgan fingerprint density at radius 2 is 2.44 bits per heavy atom. The van der Waals surface area contributed by atoms with Crippen molar-refractivity contribution in [2.45, 2.75) is 0 Å². The van der Waals surface area contributed by atoms with E-state index in [2.05, 4.69) is 21.2 Å². The molecule has 0 saturated carbocycles. The highest BCUT2D eigenvalue weighted by molar-refractivity contribution is 7.99. The fraction of sp³-hybridized carbons (Fsp3) is 0.400. The van der Waals surface area contributed by atoms with Crippen LogP contribution in [0.4, 0.5) is 11.8 Å². The SMILES string of the molecule is C#CCSCCNc1cc(OC)nc(N)n1. The van der Waals surface area contributed by atoms with Gasteiger partial charge in [0.1, 0.15) is 5.82 Å². The zero-order valence-electron chi connectivity index (χ0n) is 9.06. The molecular formula is C10H14N4OS. The zero-order valence-corrected chi connectivity index (χ0v) is 9.88. The Hall–Kier alpha value is -1.61. The van der Waals surface area contributed by atoms with E-state index in [1.165, 1.54) is 7.11 Å². The Kier molecular flexibility index (Phi) is 5.29. The summed E-state index contributed by atoms with van der Waals surface area (Å²) < 4.78 is 4.98. The number of terminal acetylenes is 1. The van der Waals surface area contributed by atoms with Crippen LogP contribution >= 0.6 is 11.8 Å². The zero-order chi connectivity index (χ0) is 11.8. The molecule has 1 heterocycles. The number of anilines is 2. The van der Waals surface area contributed by atoms with Crippen LogP contribution in [0.3, 0.4) is 0 Å². The molecular weight excluding hydrogens is 224 g/mol. The number of thioether (sulfide) groups is 1. The van der Waals surface area contributed by atoms with Crippen LogP contribution in [0.1, 0.15) is 0 Å². The van der Waals surface area contributed by atoms with Gasteiger partial charge in [-0.3, -0.25) is 0 Å². The molecule has 86 valence electrons. The quantitative estimate of drug-likeness (QED) is 0.565. The van der Waals surface area contributed by atoms with Gasteiger partial charge in [-0.2, -0.15) is 9.97 Å². The van der Waals surface area contributed by atoms with E-state index in [0.29, 0.717) is 11.7 Å². The third-order valence-electron chi connectivity index (χ3n) is 1.67. The first kappa shape index (κ1) is 12.5. The van der Waals surface area contributed by atoms with Crippen LogP contribution in [0.25, 0.3) is 0 Å². The first-order valence-electron chi connectivity index (χ1n) is 4.70. The Balaban J connectivity index is 2.41. The molecule has 0 aromatic carbocycles. The van der Waals surface area contributed by atoms with Crippen LogP contribution in [0.2, 0.25) is 0 Å². The molecule has 0 aliphatic heterocycles. The number of nitrogens with two attached hydrogens (primary N) is 1. The molecule has 1 aromatic rings. The minimum absolute atomic E-state index is 0.193. The lowest BCUT2D eigenvalue weighted by Crippen LogP contribution is -2.08. The molecule has 3 N–H and O–H groups in total. The lowest BCUT2D eigenvalue weighted by Gasteiger charge is -2.06. The molecule has 0 aliphatic carbocycles. The maximum Gasteiger partial charge on any atom is 0.225 e. The molecule has 0 radical (unpaired) electrons. The topological polar surface area (TPSA) is 73.1 Å². The fourth-order valence-electron chi connectivity index (χ4n) is 1.02. The summed E-state index contributed by atoms with van der Waals surface area (Å²) >= 11 is 1.68. The van der Waals surface area contributed by atoms with Crippen LogP contribution < -0.4 is 15.8 Å². The monoisotopic (exact) mass is 238 g/mol. The maximum atomic E-state index is 5.51. The van der Waals surface area contributed by atoms with Gasteiger partial charge in [-0.25, -0.2) is 0 Å². The number of aromatic nitrogens is 2. The summed E-state index contributed by atoms with van der Waals surface area (Å²) in [5.41, 5.74) is 5.51. The third-order valence-corrected chi connectivity index (χ3v) is 2.53. The molecule has 0 spiro atoms. The largest absolute Gasteiger partial charge is 0.481 e. The highest BCUT2D eigenvalue weighted by atomic mass is 32.2. The van der Waals surface area contributed by atoms with E-state index >= 15 is 0 Å². The van der Waals surface area contributed by atoms with Gasteiger partial charge in [-0.15, -0.1) is 18.2 Å². The van der Waals surface area contributed by atoms with Crippen LogP contribution in [0.15, 0.2) is 6.07 Å². The van der Waals surface area contributed by atoms with Crippen molar-refractivity contribution in [2.75, 3.05) is 36.2 Å². The molecule has 0 bridgehead atoms. The third kappa shape index (κ3) is 4.28. The standard InChI is InChI=1S/C10H14N4OS/c1-3-5-16-6-4-12-8-7-9(15-2)14-10(11)13-8/h1,7H,4-6H2,2H3,(H3,11,12,13,14). The summed E-state index contributed by atoms with van der Waals surface area (Å²) in [4.78, 5) is 7.91. The lowest BCUT2D eigenvalue weighted by atomic mass is 10.5. The molecule has 1 rings (SSSR count). The second kappa shape index (κ2) is 6.80. The summed E-state index contributed by atoms with van der Waals surface area (Å²) in [5.74, 6) is 5.50. The molecule has 0 amide bonds. The van der Waals surface area contributed by atoms with Crippen molar-refractivity contribution >= 4 is 23.5 Å². The van der Waals surface area contributed by atoms with Gasteiger partial charge in [0.05, 0.1) is 12.9 Å². The number of hydrogen-bond donors (Lipinski definition) is 2. The molecule has 0 atom stereocenters. The second-order valence-electron chi connectivity index (χ2n) is 2.84. The summed E-state index contributed by atoms with van der Waals surface area (Å²) in [7, 11) is 1.54. The Labute approximate surface area is 99.2 Å². The minimum atomic E-state index is 0.193. The van der Waals surface area contributed by atoms with Crippen molar-refractivity contribution in [2.24, 2.45) is 0 Å². The van der Waals surface area contributed by atoms with Crippen LogP contribution in [-0.2, 0) is 0 Å². The average molecular weight is 238 g/mol. The normalized spacial score (nSPS) is 9.50. The molecule has 0 fully saturated rings. The fourth-order valence-corrected chi connectivity index (χ4v) is 1.53. The Bertz CT molecular complexity index is 378. The van der Waals surface area contributed by atoms with E-state index in [9.17, 15) is 0 Å². The molecule has 0 unspecified atom stereocenters. The number of methoxy groups -OCH3 is 1. The summed E-state index contributed by atoms with van der Waals surface area (Å²) in [6.07, 6.45) is 5.13. The van der Waals surface area contributed by atoms with Gasteiger partial charge >= 0.3 is 0 Å². The summed E-state index contributed by atoms with van der Waals surface area (Å²) in [6, 6.07) is 1.70. The molecule has 0 saturated heterocycles. The highest BCUT2D eigenvalue weighted by Crippen LogP contribution is 2.13. The number of hydrogen-bond acceptors (Lipinski definition) is 6. The number of rotatable bonds is 6. The van der Waals surface area contributed by atoms with Crippen LogP contribution in [0, 0.1) is 12.3 Å². The van der Waals surface area contributed by atoms with Gasteiger partial charge in [0.2, 0.25) is 11.8 Å². The summed E-state index contributed by atoms with van der Waals surface area (Å²) in [6.45, 7) is 0.770. The first-order chi connectivity index (χ1) is 7.76. The van der Waals surface area contributed by atoms with Crippen molar-refractivity contribution in [1.82, 2.24) is 9.97 Å². The molecule has 5 nitrogen and oxygen atoms in total. The van der Waals surface area contributed by atoms with Crippen LogP contribution in [0.5, 0.6) is 5.88 Å². The van der Waals surface area contributed by atoms with Crippen molar-refractivity contribution in [3.8, 4) is 18.2 Å². The van der Waals surface area contributed by atoms with Crippen molar-refractivity contribution in [1.29, 1.82) is 0 Å². The predicted molar refractivity (Wildman–Crippen MR) is 67.6 cm³/mol. The Morgan fingerprint density at radius 3 is 3.12 bits per heavy atom. The van der Waals surface area contributed by atoms with E-state index in [0.717, 1.165) is 18.1 Å². The second-order valence-corrected chi connectivity index (χ2v) is 3.94. The summed E-state index contributed by atoms with van der Waals surface area (Å²) in [5, 5.41) is 3.12. The van der Waals surface area contributed by atoms with Gasteiger partial charge in [0.25, 0.3) is 0 Å². The van der Waals surface area contributed by atoms with Gasteiger partial charge < -0.3 is 15.8 Å². The van der Waals surface area contributed by atoms with Gasteiger partial charge in [0, 0.05) is 18.4 Å². The van der Waals surface area contributed by atoms with Crippen molar-refractivity contribution in [3.05, 3.63) is 6.07 Å². The van der Waals surface area contributed by atoms with E-state index < -0.39 is 0 Å². The average Bonchev–Trinajstić information content (AvgIpc) is 2.28. The highest BCUT2D eigenvalue weighted by Gasteiger charge is 2.01. The number of ether oxygens (including phenoxy) is 1. The smallest absolute Gasteiger partial charge is 0.225 e. The Morgan fingerprint density at radius 1 is 1.62 bits per heavy atom. The first-order valence-corrected chi connectivity index (χ1v) is 5.85. The van der Waals surface area contributed by atoms with E-state index in [-0.39, 0.29) is 5.95 Å². The van der Waals surface area contributed by atoms with Gasteiger partial charge in [0.15, 0.2) is 0 Å². The number of nitrogen functional groups attached to an aromatic ring is 1. The van der Waals surface area contributed by atoms with Crippen LogP contribution in [-0.4, -0.2) is 35.1 Å². The minimum Gasteiger partial charge on any atom is -0.481 e. The number of nitrogens with one attached hydrogen (secondary N) is 1. The van der Waals surface area contributed by atoms with Crippen molar-refractivity contribution in [3.63, 3.8) is 0 Å². The molecule has 1 aromatic heterocycles. The molecule has 0 aliphatic rings. The van der Waals surface area contributed by atoms with Crippen molar-refractivity contribution < 1.29 is 4.74 Å². The lowest BCUT2D eigenvalue weighted by molar-refractivity contribution is 0.398. The number of nitrogens with zero attached hydrogens (tertiary/aromatic N) is 2. The molecule has 16 heavy (non-hydrogen) atoms. The van der Waals surface area contributed by atoms with E-state index in [1.54, 1.807) is 17.8 Å². The maximum absolute atomic E-state index is 5.51.